The number of nitrogens with zero attached hydrogens (tertiary/aromatic N) is 6. The average Bonchev–Trinajstić information content (AvgIpc) is 3.61. The van der Waals surface area contributed by atoms with Crippen LogP contribution in [0.15, 0.2) is 193 Å². The first kappa shape index (κ1) is 35.8. The quantitative estimate of drug-likeness (QED) is 0.0929. The number of aromatic nitrogens is 4. The topological polar surface area (TPSA) is 59.2 Å². The van der Waals surface area contributed by atoms with Crippen LogP contribution in [0.1, 0.15) is 25.8 Å². The van der Waals surface area contributed by atoms with Crippen LogP contribution in [0, 0.1) is 5.92 Å². The van der Waals surface area contributed by atoms with Crippen LogP contribution in [0.25, 0.3) is 67.7 Å². The summed E-state index contributed by atoms with van der Waals surface area (Å²) in [6, 6.07) is 53.7. The Morgan fingerprint density at radius 3 is 1.88 bits per heavy atom. The Balaban J connectivity index is 1.22. The summed E-state index contributed by atoms with van der Waals surface area (Å²) < 4.78 is 2.34. The number of rotatable bonds is 12. The first-order chi connectivity index (χ1) is 27.5. The van der Waals surface area contributed by atoms with Crippen molar-refractivity contribution in [2.24, 2.45) is 10.9 Å². The number of aliphatic imine (C=N–C) groups is 1. The van der Waals surface area contributed by atoms with Gasteiger partial charge in [-0.2, -0.15) is 0 Å². The minimum absolute atomic E-state index is 0.291. The van der Waals surface area contributed by atoms with Gasteiger partial charge in [-0.3, -0.25) is 4.90 Å². The van der Waals surface area contributed by atoms with Gasteiger partial charge in [-0.25, -0.2) is 19.9 Å². The summed E-state index contributed by atoms with van der Waals surface area (Å²) in [5.41, 5.74) is 8.66. The molecular formula is C50H42N6. The van der Waals surface area contributed by atoms with Gasteiger partial charge in [-0.1, -0.05) is 160 Å². The number of para-hydroxylation sites is 3. The van der Waals surface area contributed by atoms with Gasteiger partial charge in [0, 0.05) is 50.7 Å². The summed E-state index contributed by atoms with van der Waals surface area (Å²) in [5.74, 6) is 2.62. The van der Waals surface area contributed by atoms with Gasteiger partial charge in [0.1, 0.15) is 5.82 Å². The molecule has 0 bridgehead atoms. The lowest BCUT2D eigenvalue weighted by atomic mass is 10.1. The van der Waals surface area contributed by atoms with Gasteiger partial charge in [0.15, 0.2) is 17.5 Å². The Morgan fingerprint density at radius 1 is 0.661 bits per heavy atom. The highest BCUT2D eigenvalue weighted by Gasteiger charge is 2.18. The molecule has 272 valence electrons. The molecule has 0 radical (unpaired) electrons. The van der Waals surface area contributed by atoms with Crippen LogP contribution in [0.5, 0.6) is 0 Å². The molecule has 1 unspecified atom stereocenters. The van der Waals surface area contributed by atoms with Crippen LogP contribution in [0.3, 0.4) is 0 Å². The van der Waals surface area contributed by atoms with E-state index >= 15 is 0 Å². The molecule has 0 amide bonds. The molecule has 1 atom stereocenters. The lowest BCUT2D eigenvalue weighted by molar-refractivity contribution is 0.753. The fourth-order valence-electron chi connectivity index (χ4n) is 6.86. The molecule has 6 nitrogen and oxygen atoms in total. The molecule has 0 aliphatic carbocycles. The Morgan fingerprint density at radius 2 is 1.21 bits per heavy atom. The third-order valence-corrected chi connectivity index (χ3v) is 9.92. The van der Waals surface area contributed by atoms with Gasteiger partial charge in [-0.05, 0) is 54.3 Å². The van der Waals surface area contributed by atoms with Gasteiger partial charge >= 0.3 is 0 Å². The highest BCUT2D eigenvalue weighted by atomic mass is 15.2. The highest BCUT2D eigenvalue weighted by molar-refractivity contribution is 6.11. The van der Waals surface area contributed by atoms with Crippen molar-refractivity contribution in [1.29, 1.82) is 0 Å². The molecule has 2 heterocycles. The van der Waals surface area contributed by atoms with Crippen molar-refractivity contribution >= 4 is 39.8 Å². The Bertz CT molecular complexity index is 2670. The van der Waals surface area contributed by atoms with E-state index in [0.29, 0.717) is 34.9 Å². The summed E-state index contributed by atoms with van der Waals surface area (Å²) in [6.07, 6.45) is 7.11. The van der Waals surface area contributed by atoms with Crippen molar-refractivity contribution in [1.82, 2.24) is 19.5 Å². The number of benzene rings is 6. The van der Waals surface area contributed by atoms with Crippen molar-refractivity contribution in [2.75, 3.05) is 4.90 Å². The van der Waals surface area contributed by atoms with E-state index in [-0.39, 0.29) is 0 Å². The molecule has 6 heteroatoms. The third-order valence-electron chi connectivity index (χ3n) is 9.92. The maximum absolute atomic E-state index is 4.98. The van der Waals surface area contributed by atoms with Crippen molar-refractivity contribution in [3.05, 3.63) is 194 Å². The summed E-state index contributed by atoms with van der Waals surface area (Å²) in [6.45, 7) is 13.3. The monoisotopic (exact) mass is 726 g/mol. The maximum Gasteiger partial charge on any atom is 0.164 e. The standard InChI is InChI=1S/C50H42N6/c1-5-35(2)34-51-37(4)55(36(3)31-32-38-23-18-29-45-44-28-15-16-30-46(44)56(47(38)45)42-25-13-8-14-26-42)43-27-17-24-41(33-43)50-53-48(39-19-9-6-10-20-39)52-49(54-50)40-21-11-7-12-22-40/h6-35H,3-5H2,1-2H3/b32-31+,51-34-. The fourth-order valence-corrected chi connectivity index (χ4v) is 6.86. The van der Waals surface area contributed by atoms with E-state index in [1.54, 1.807) is 0 Å². The Kier molecular flexibility index (Phi) is 10.3. The Hall–Kier alpha value is -7.18. The molecule has 0 aliphatic rings. The van der Waals surface area contributed by atoms with E-state index in [0.717, 1.165) is 51.1 Å². The van der Waals surface area contributed by atoms with Gasteiger partial charge in [0.05, 0.1) is 11.0 Å². The lowest BCUT2D eigenvalue weighted by Crippen LogP contribution is -2.19. The molecule has 0 N–H and O–H groups in total. The fraction of sp³-hybridized carbons (Fsp3) is 0.0800. The Labute approximate surface area is 328 Å². The van der Waals surface area contributed by atoms with E-state index < -0.39 is 0 Å². The SMILES string of the molecule is C=C(/C=C/c1cccc2c3ccccc3n(-c3ccccc3)c12)N(C(=C)/N=C\C(C)CC)c1cccc(-c2nc(-c3ccccc3)nc(-c3ccccc3)n2)c1. The number of anilines is 1. The second-order valence-corrected chi connectivity index (χ2v) is 13.8. The van der Waals surface area contributed by atoms with Crippen LogP contribution < -0.4 is 4.90 Å². The molecule has 8 aromatic rings. The summed E-state index contributed by atoms with van der Waals surface area (Å²) >= 11 is 0. The largest absolute Gasteiger partial charge is 0.309 e. The van der Waals surface area contributed by atoms with Gasteiger partial charge in [-0.15, -0.1) is 0 Å². The first-order valence-corrected chi connectivity index (χ1v) is 18.9. The molecule has 0 saturated heterocycles. The molecule has 0 spiro atoms. The van der Waals surface area contributed by atoms with Gasteiger partial charge in [0.2, 0.25) is 0 Å². The van der Waals surface area contributed by atoms with Crippen LogP contribution >= 0.6 is 0 Å². The molecule has 6 aromatic carbocycles. The van der Waals surface area contributed by atoms with Crippen LogP contribution in [-0.4, -0.2) is 25.7 Å². The van der Waals surface area contributed by atoms with Crippen molar-refractivity contribution in [2.45, 2.75) is 20.3 Å². The van der Waals surface area contributed by atoms with Crippen molar-refractivity contribution in [3.63, 3.8) is 0 Å². The van der Waals surface area contributed by atoms with Crippen molar-refractivity contribution in [3.8, 4) is 39.9 Å². The highest BCUT2D eigenvalue weighted by Crippen LogP contribution is 2.35. The predicted molar refractivity (Wildman–Crippen MR) is 235 cm³/mol. The van der Waals surface area contributed by atoms with Crippen LogP contribution in [0.4, 0.5) is 5.69 Å². The summed E-state index contributed by atoms with van der Waals surface area (Å²) in [7, 11) is 0. The van der Waals surface area contributed by atoms with Crippen molar-refractivity contribution < 1.29 is 0 Å². The first-order valence-electron chi connectivity index (χ1n) is 18.9. The van der Waals surface area contributed by atoms with E-state index in [2.05, 4.69) is 110 Å². The minimum atomic E-state index is 0.291. The lowest BCUT2D eigenvalue weighted by Gasteiger charge is -2.25. The average molecular weight is 727 g/mol. The van der Waals surface area contributed by atoms with Gasteiger partial charge < -0.3 is 4.57 Å². The predicted octanol–water partition coefficient (Wildman–Crippen LogP) is 12.6. The molecule has 2 aromatic heterocycles. The van der Waals surface area contributed by atoms with E-state index in [4.69, 9.17) is 19.9 Å². The van der Waals surface area contributed by atoms with E-state index in [1.807, 2.05) is 102 Å². The molecule has 8 rings (SSSR count). The zero-order chi connectivity index (χ0) is 38.4. The maximum atomic E-state index is 4.98. The molecule has 0 saturated carbocycles. The van der Waals surface area contributed by atoms with E-state index in [9.17, 15) is 0 Å². The molecule has 56 heavy (non-hydrogen) atoms. The summed E-state index contributed by atoms with van der Waals surface area (Å²) in [5, 5.41) is 2.39. The normalized spacial score (nSPS) is 12.1. The molecule has 0 aliphatic heterocycles. The zero-order valence-corrected chi connectivity index (χ0v) is 31.6. The molecular weight excluding hydrogens is 685 g/mol. The number of allylic oxidation sites excluding steroid dienone is 1. The number of hydrogen-bond acceptors (Lipinski definition) is 5. The molecule has 0 fully saturated rings. The zero-order valence-electron chi connectivity index (χ0n) is 31.6. The minimum Gasteiger partial charge on any atom is -0.309 e. The number of hydrogen-bond donors (Lipinski definition) is 0. The van der Waals surface area contributed by atoms with Crippen LogP contribution in [0.2, 0.25) is 0 Å². The summed E-state index contributed by atoms with van der Waals surface area (Å²) in [4.78, 5) is 21.7. The van der Waals surface area contributed by atoms with Gasteiger partial charge in [0.25, 0.3) is 0 Å². The van der Waals surface area contributed by atoms with E-state index in [1.165, 1.54) is 10.8 Å². The second-order valence-electron chi connectivity index (χ2n) is 13.8. The smallest absolute Gasteiger partial charge is 0.164 e. The second kappa shape index (κ2) is 16.0. The van der Waals surface area contributed by atoms with Crippen LogP contribution in [-0.2, 0) is 0 Å². The number of fused-ring (bicyclic) bond motifs is 3. The third kappa shape index (κ3) is 7.33.